The Balaban J connectivity index is 1.82. The van der Waals surface area contributed by atoms with Gasteiger partial charge in [-0.05, 0) is 56.5 Å². The first-order valence-corrected chi connectivity index (χ1v) is 13.5. The largest absolute Gasteiger partial charge is 0.392 e. The molecule has 1 heterocycles. The van der Waals surface area contributed by atoms with Gasteiger partial charge in [0.2, 0.25) is 5.91 Å². The molecule has 2 aromatic carbocycles. The summed E-state index contributed by atoms with van der Waals surface area (Å²) in [6, 6.07) is 15.4. The van der Waals surface area contributed by atoms with Crippen molar-refractivity contribution in [1.82, 2.24) is 9.80 Å². The highest BCUT2D eigenvalue weighted by molar-refractivity contribution is 7.90. The van der Waals surface area contributed by atoms with E-state index in [1.54, 1.807) is 6.07 Å². The third-order valence-corrected chi connectivity index (χ3v) is 7.95. The topological polar surface area (TPSA) is 77.9 Å². The van der Waals surface area contributed by atoms with Gasteiger partial charge in [0.1, 0.15) is 0 Å². The van der Waals surface area contributed by atoms with Crippen molar-refractivity contribution in [3.63, 3.8) is 0 Å². The number of nitrogens with zero attached hydrogens (tertiary/aromatic N) is 2. The second-order valence-electron chi connectivity index (χ2n) is 9.34. The number of benzene rings is 2. The summed E-state index contributed by atoms with van der Waals surface area (Å²) in [6.45, 7) is 6.25. The van der Waals surface area contributed by atoms with E-state index in [1.807, 2.05) is 61.3 Å². The second-order valence-corrected chi connectivity index (χ2v) is 11.4. The molecular formula is C26H36N2O4S. The third kappa shape index (κ3) is 7.66. The molecule has 3 rings (SSSR count). The summed E-state index contributed by atoms with van der Waals surface area (Å²) >= 11 is 0. The third-order valence-electron chi connectivity index (χ3n) is 6.18. The maximum Gasteiger partial charge on any atom is 0.227 e. The molecule has 6 nitrogen and oxygen atoms in total. The number of likely N-dealkylation sites (tertiary alicyclic amines) is 1. The molecule has 7 heteroatoms. The Labute approximate surface area is 198 Å². The Morgan fingerprint density at radius 1 is 1.09 bits per heavy atom. The molecule has 0 aromatic heterocycles. The van der Waals surface area contributed by atoms with Crippen LogP contribution in [0.3, 0.4) is 0 Å². The summed E-state index contributed by atoms with van der Waals surface area (Å²) in [6.07, 6.45) is 1.75. The lowest BCUT2D eigenvalue weighted by Gasteiger charge is -2.32. The molecule has 2 atom stereocenters. The van der Waals surface area contributed by atoms with Crippen molar-refractivity contribution in [1.29, 1.82) is 0 Å². The molecule has 33 heavy (non-hydrogen) atoms. The summed E-state index contributed by atoms with van der Waals surface area (Å²) in [5.74, 6) is -0.345. The Bertz CT molecular complexity index is 1030. The number of aliphatic hydroxyl groups excluding tert-OH is 1. The Morgan fingerprint density at radius 2 is 1.76 bits per heavy atom. The number of amides is 1. The highest BCUT2D eigenvalue weighted by atomic mass is 32.2. The van der Waals surface area contributed by atoms with Gasteiger partial charge in [-0.25, -0.2) is 8.42 Å². The monoisotopic (exact) mass is 472 g/mol. The van der Waals surface area contributed by atoms with Gasteiger partial charge in [-0.15, -0.1) is 0 Å². The number of aryl methyl sites for hydroxylation is 1. The molecule has 180 valence electrons. The van der Waals surface area contributed by atoms with Crippen molar-refractivity contribution in [2.45, 2.75) is 51.0 Å². The lowest BCUT2D eigenvalue weighted by atomic mass is 10.0. The van der Waals surface area contributed by atoms with Crippen LogP contribution < -0.4 is 0 Å². The van der Waals surface area contributed by atoms with Crippen LogP contribution >= 0.6 is 0 Å². The average molecular weight is 473 g/mol. The Morgan fingerprint density at radius 3 is 2.39 bits per heavy atom. The van der Waals surface area contributed by atoms with Gasteiger partial charge in [-0.2, -0.15) is 0 Å². The first-order chi connectivity index (χ1) is 15.6. The van der Waals surface area contributed by atoms with E-state index in [2.05, 4.69) is 4.90 Å². The van der Waals surface area contributed by atoms with Crippen molar-refractivity contribution in [3.05, 3.63) is 70.8 Å². The molecule has 1 aliphatic rings. The fraction of sp³-hybridized carbons (Fsp3) is 0.500. The number of carbonyl (C=O) groups excluding carboxylic acids is 1. The molecule has 0 saturated carbocycles. The number of hydrogen-bond donors (Lipinski definition) is 1. The number of sulfone groups is 1. The average Bonchev–Trinajstić information content (AvgIpc) is 3.25. The lowest BCUT2D eigenvalue weighted by Crippen LogP contribution is -2.39. The van der Waals surface area contributed by atoms with Crippen molar-refractivity contribution in [3.8, 4) is 0 Å². The van der Waals surface area contributed by atoms with Crippen LogP contribution in [0.4, 0.5) is 0 Å². The summed E-state index contributed by atoms with van der Waals surface area (Å²) in [4.78, 5) is 17.4. The van der Waals surface area contributed by atoms with Crippen LogP contribution in [-0.4, -0.2) is 67.8 Å². The van der Waals surface area contributed by atoms with E-state index in [9.17, 15) is 18.3 Å². The van der Waals surface area contributed by atoms with Crippen LogP contribution in [0.5, 0.6) is 0 Å². The van der Waals surface area contributed by atoms with Gasteiger partial charge in [0.15, 0.2) is 9.84 Å². The molecule has 1 saturated heterocycles. The van der Waals surface area contributed by atoms with E-state index in [0.29, 0.717) is 12.0 Å². The van der Waals surface area contributed by atoms with Gasteiger partial charge in [0.05, 0.1) is 30.1 Å². The van der Waals surface area contributed by atoms with Crippen molar-refractivity contribution in [2.75, 3.05) is 32.4 Å². The molecule has 0 bridgehead atoms. The van der Waals surface area contributed by atoms with Crippen LogP contribution in [0, 0.1) is 6.92 Å². The molecule has 0 spiro atoms. The number of carbonyl (C=O) groups is 1. The molecular weight excluding hydrogens is 436 g/mol. The van der Waals surface area contributed by atoms with E-state index in [4.69, 9.17) is 0 Å². The fourth-order valence-corrected chi connectivity index (χ4v) is 5.95. The van der Waals surface area contributed by atoms with Gasteiger partial charge in [-0.1, -0.05) is 54.1 Å². The van der Waals surface area contributed by atoms with E-state index in [-0.39, 0.29) is 23.5 Å². The number of likely N-dealkylation sites (N-methyl/N-ethyl adjacent to an activating group) is 1. The van der Waals surface area contributed by atoms with Crippen LogP contribution in [0.2, 0.25) is 0 Å². The number of aliphatic hydroxyl groups is 1. The first kappa shape index (κ1) is 25.4. The number of hydrogen-bond acceptors (Lipinski definition) is 5. The van der Waals surface area contributed by atoms with E-state index in [0.717, 1.165) is 49.2 Å². The second kappa shape index (κ2) is 11.3. The minimum absolute atomic E-state index is 0.0372. The highest BCUT2D eigenvalue weighted by Crippen LogP contribution is 2.25. The highest BCUT2D eigenvalue weighted by Gasteiger charge is 2.26. The van der Waals surface area contributed by atoms with Gasteiger partial charge in [0, 0.05) is 13.6 Å². The molecule has 1 amide bonds. The summed E-state index contributed by atoms with van der Waals surface area (Å²) in [7, 11) is -1.58. The predicted octanol–water partition coefficient (Wildman–Crippen LogP) is 3.13. The molecule has 1 unspecified atom stereocenters. The summed E-state index contributed by atoms with van der Waals surface area (Å²) < 4.78 is 24.8. The smallest absolute Gasteiger partial charge is 0.227 e. The van der Waals surface area contributed by atoms with Crippen molar-refractivity contribution >= 4 is 15.7 Å². The van der Waals surface area contributed by atoms with E-state index in [1.165, 1.54) is 6.92 Å². The normalized spacial score (nSPS) is 16.5. The van der Waals surface area contributed by atoms with E-state index < -0.39 is 15.9 Å². The minimum atomic E-state index is -3.42. The van der Waals surface area contributed by atoms with Gasteiger partial charge in [0.25, 0.3) is 0 Å². The molecule has 0 aliphatic carbocycles. The SMILES string of the molecule is Cc1ccc(CC(=O)N(C)[C@H](CN2CCCC2)c2cccc(CS(=O)(=O)CC(C)O)c2)cc1. The summed E-state index contributed by atoms with van der Waals surface area (Å²) in [5, 5.41) is 9.51. The molecule has 1 N–H and O–H groups in total. The maximum absolute atomic E-state index is 13.2. The summed E-state index contributed by atoms with van der Waals surface area (Å²) in [5.41, 5.74) is 3.76. The van der Waals surface area contributed by atoms with Crippen molar-refractivity contribution < 1.29 is 18.3 Å². The van der Waals surface area contributed by atoms with Crippen LogP contribution in [0.15, 0.2) is 48.5 Å². The van der Waals surface area contributed by atoms with Gasteiger partial charge < -0.3 is 14.9 Å². The standard InChI is InChI=1S/C26H36N2O4S/c1-20-9-11-22(12-10-20)16-26(30)27(3)25(17-28-13-4-5-14-28)24-8-6-7-23(15-24)19-33(31,32)18-21(2)29/h6-12,15,21,25,29H,4-5,13-14,16-19H2,1-3H3/t21?,25-/m1/s1. The van der Waals surface area contributed by atoms with Gasteiger partial charge >= 0.3 is 0 Å². The molecule has 2 aromatic rings. The van der Waals surface area contributed by atoms with Gasteiger partial charge in [-0.3, -0.25) is 4.79 Å². The van der Waals surface area contributed by atoms with Crippen LogP contribution in [-0.2, 0) is 26.8 Å². The number of rotatable bonds is 10. The molecule has 1 aliphatic heterocycles. The van der Waals surface area contributed by atoms with Crippen molar-refractivity contribution in [2.24, 2.45) is 0 Å². The Kier molecular flexibility index (Phi) is 8.68. The lowest BCUT2D eigenvalue weighted by molar-refractivity contribution is -0.131. The molecule has 1 fully saturated rings. The molecule has 0 radical (unpaired) electrons. The maximum atomic E-state index is 13.2. The van der Waals surface area contributed by atoms with Crippen LogP contribution in [0.1, 0.15) is 48.1 Å². The zero-order chi connectivity index (χ0) is 24.0. The fourth-order valence-electron chi connectivity index (χ4n) is 4.41. The Hall–Kier alpha value is -2.22. The quantitative estimate of drug-likeness (QED) is 0.575. The van der Waals surface area contributed by atoms with E-state index >= 15 is 0 Å². The van der Waals surface area contributed by atoms with Crippen LogP contribution in [0.25, 0.3) is 0 Å². The zero-order valence-electron chi connectivity index (χ0n) is 19.9. The predicted molar refractivity (Wildman–Crippen MR) is 132 cm³/mol. The zero-order valence-corrected chi connectivity index (χ0v) is 20.7. The minimum Gasteiger partial charge on any atom is -0.392 e. The first-order valence-electron chi connectivity index (χ1n) is 11.6.